The number of nitrogens with one attached hydrogen (secondary N) is 2. The van der Waals surface area contributed by atoms with Crippen molar-refractivity contribution >= 4 is 6.03 Å². The van der Waals surface area contributed by atoms with Crippen LogP contribution < -0.4 is 10.6 Å². The minimum atomic E-state index is -0.0674. The van der Waals surface area contributed by atoms with E-state index in [1.165, 1.54) is 18.4 Å². The Bertz CT molecular complexity index is 427. The van der Waals surface area contributed by atoms with Gasteiger partial charge in [-0.2, -0.15) is 0 Å². The number of urea groups is 1. The Morgan fingerprint density at radius 2 is 1.86 bits per heavy atom. The van der Waals surface area contributed by atoms with Crippen LogP contribution in [-0.4, -0.2) is 42.6 Å². The smallest absolute Gasteiger partial charge is 0.315 e. The molecule has 0 radical (unpaired) electrons. The molecule has 0 spiro atoms. The van der Waals surface area contributed by atoms with Crippen molar-refractivity contribution in [1.82, 2.24) is 15.5 Å². The molecule has 1 aliphatic rings. The second-order valence-electron chi connectivity index (χ2n) is 6.10. The van der Waals surface area contributed by atoms with Gasteiger partial charge in [0.2, 0.25) is 0 Å². The first-order valence-corrected chi connectivity index (χ1v) is 7.97. The SMILES string of the molecule is CC(C)NC(=O)NCC(Cc1ccccc1)N1CCCC1. The van der Waals surface area contributed by atoms with Crippen LogP contribution in [0.2, 0.25) is 0 Å². The number of amides is 2. The van der Waals surface area contributed by atoms with Crippen molar-refractivity contribution in [3.8, 4) is 0 Å². The summed E-state index contributed by atoms with van der Waals surface area (Å²) in [5, 5.41) is 5.90. The van der Waals surface area contributed by atoms with Crippen LogP contribution in [0, 0.1) is 0 Å². The van der Waals surface area contributed by atoms with Crippen LogP contribution in [0.5, 0.6) is 0 Å². The fourth-order valence-corrected chi connectivity index (χ4v) is 2.85. The molecule has 21 heavy (non-hydrogen) atoms. The van der Waals surface area contributed by atoms with Gasteiger partial charge >= 0.3 is 6.03 Å². The normalized spacial score (nSPS) is 16.9. The van der Waals surface area contributed by atoms with Gasteiger partial charge in [0.25, 0.3) is 0 Å². The van der Waals surface area contributed by atoms with Gasteiger partial charge in [0.1, 0.15) is 0 Å². The maximum atomic E-state index is 11.8. The minimum Gasteiger partial charge on any atom is -0.337 e. The largest absolute Gasteiger partial charge is 0.337 e. The molecular formula is C17H27N3O. The van der Waals surface area contributed by atoms with E-state index < -0.39 is 0 Å². The predicted octanol–water partition coefficient (Wildman–Crippen LogP) is 2.40. The molecule has 116 valence electrons. The topological polar surface area (TPSA) is 44.4 Å². The van der Waals surface area contributed by atoms with Crippen molar-refractivity contribution in [1.29, 1.82) is 0 Å². The molecule has 0 aromatic heterocycles. The predicted molar refractivity (Wildman–Crippen MR) is 86.4 cm³/mol. The van der Waals surface area contributed by atoms with E-state index in [1.807, 2.05) is 19.9 Å². The van der Waals surface area contributed by atoms with E-state index >= 15 is 0 Å². The molecule has 1 saturated heterocycles. The molecule has 0 saturated carbocycles. The van der Waals surface area contributed by atoms with Crippen molar-refractivity contribution in [3.63, 3.8) is 0 Å². The number of benzene rings is 1. The van der Waals surface area contributed by atoms with Crippen molar-refractivity contribution in [2.75, 3.05) is 19.6 Å². The van der Waals surface area contributed by atoms with Gasteiger partial charge in [-0.25, -0.2) is 4.79 Å². The molecule has 2 rings (SSSR count). The van der Waals surface area contributed by atoms with E-state index in [4.69, 9.17) is 0 Å². The summed E-state index contributed by atoms with van der Waals surface area (Å²) in [5.41, 5.74) is 1.33. The lowest BCUT2D eigenvalue weighted by Crippen LogP contribution is -2.47. The highest BCUT2D eigenvalue weighted by Crippen LogP contribution is 2.15. The third kappa shape index (κ3) is 5.38. The van der Waals surface area contributed by atoms with Crippen LogP contribution in [0.1, 0.15) is 32.3 Å². The second-order valence-corrected chi connectivity index (χ2v) is 6.10. The average Bonchev–Trinajstić information content (AvgIpc) is 2.98. The summed E-state index contributed by atoms with van der Waals surface area (Å²) in [6.45, 7) is 6.94. The summed E-state index contributed by atoms with van der Waals surface area (Å²) < 4.78 is 0. The molecule has 4 nitrogen and oxygen atoms in total. The lowest BCUT2D eigenvalue weighted by molar-refractivity contribution is 0.217. The maximum Gasteiger partial charge on any atom is 0.315 e. The Morgan fingerprint density at radius 3 is 2.48 bits per heavy atom. The highest BCUT2D eigenvalue weighted by molar-refractivity contribution is 5.74. The summed E-state index contributed by atoms with van der Waals surface area (Å²) in [7, 11) is 0. The summed E-state index contributed by atoms with van der Waals surface area (Å²) in [4.78, 5) is 14.3. The molecule has 1 unspecified atom stereocenters. The molecule has 1 heterocycles. The van der Waals surface area contributed by atoms with Crippen LogP contribution in [-0.2, 0) is 6.42 Å². The first kappa shape index (κ1) is 15.8. The lowest BCUT2D eigenvalue weighted by atomic mass is 10.0. The molecule has 1 aromatic rings. The summed E-state index contributed by atoms with van der Waals surface area (Å²) in [5.74, 6) is 0. The number of hydrogen-bond donors (Lipinski definition) is 2. The third-order valence-electron chi connectivity index (χ3n) is 3.89. The zero-order chi connectivity index (χ0) is 15.1. The zero-order valence-corrected chi connectivity index (χ0v) is 13.1. The van der Waals surface area contributed by atoms with Gasteiger partial charge in [0.15, 0.2) is 0 Å². The van der Waals surface area contributed by atoms with Crippen molar-refractivity contribution in [3.05, 3.63) is 35.9 Å². The van der Waals surface area contributed by atoms with E-state index in [1.54, 1.807) is 0 Å². The van der Waals surface area contributed by atoms with Gasteiger partial charge in [-0.15, -0.1) is 0 Å². The van der Waals surface area contributed by atoms with Crippen molar-refractivity contribution in [2.24, 2.45) is 0 Å². The van der Waals surface area contributed by atoms with Crippen LogP contribution in [0.25, 0.3) is 0 Å². The molecule has 1 atom stereocenters. The Balaban J connectivity index is 1.91. The minimum absolute atomic E-state index is 0.0674. The lowest BCUT2D eigenvalue weighted by Gasteiger charge is -2.28. The molecule has 0 bridgehead atoms. The standard InChI is InChI=1S/C17H27N3O/c1-14(2)19-17(21)18-13-16(20-10-6-7-11-20)12-15-8-4-3-5-9-15/h3-5,8-9,14,16H,6-7,10-13H2,1-2H3,(H2,18,19,21). The highest BCUT2D eigenvalue weighted by Gasteiger charge is 2.22. The first-order chi connectivity index (χ1) is 10.1. The van der Waals surface area contributed by atoms with Crippen LogP contribution in [0.4, 0.5) is 4.79 Å². The summed E-state index contributed by atoms with van der Waals surface area (Å²) in [6.07, 6.45) is 3.52. The van der Waals surface area contributed by atoms with Gasteiger partial charge in [-0.3, -0.25) is 4.90 Å². The molecule has 2 amide bonds. The first-order valence-electron chi connectivity index (χ1n) is 7.97. The Labute approximate surface area is 127 Å². The molecule has 1 aromatic carbocycles. The molecule has 0 aliphatic carbocycles. The Hall–Kier alpha value is -1.55. The fraction of sp³-hybridized carbons (Fsp3) is 0.588. The van der Waals surface area contributed by atoms with E-state index in [2.05, 4.69) is 39.8 Å². The highest BCUT2D eigenvalue weighted by atomic mass is 16.2. The Kier molecular flexibility index (Phi) is 6.05. The molecule has 2 N–H and O–H groups in total. The summed E-state index contributed by atoms with van der Waals surface area (Å²) in [6, 6.07) is 11.0. The van der Waals surface area contributed by atoms with Crippen molar-refractivity contribution in [2.45, 2.75) is 45.2 Å². The zero-order valence-electron chi connectivity index (χ0n) is 13.1. The van der Waals surface area contributed by atoms with E-state index in [0.717, 1.165) is 19.5 Å². The van der Waals surface area contributed by atoms with Crippen LogP contribution >= 0.6 is 0 Å². The van der Waals surface area contributed by atoms with Crippen LogP contribution in [0.3, 0.4) is 0 Å². The van der Waals surface area contributed by atoms with Gasteiger partial charge in [-0.1, -0.05) is 30.3 Å². The Morgan fingerprint density at radius 1 is 1.19 bits per heavy atom. The van der Waals surface area contributed by atoms with Gasteiger partial charge in [0, 0.05) is 18.6 Å². The fourth-order valence-electron chi connectivity index (χ4n) is 2.85. The van der Waals surface area contributed by atoms with E-state index in [0.29, 0.717) is 12.6 Å². The molecule has 1 aliphatic heterocycles. The van der Waals surface area contributed by atoms with Gasteiger partial charge < -0.3 is 10.6 Å². The number of likely N-dealkylation sites (tertiary alicyclic amines) is 1. The van der Waals surface area contributed by atoms with E-state index in [-0.39, 0.29) is 12.1 Å². The van der Waals surface area contributed by atoms with Crippen LogP contribution in [0.15, 0.2) is 30.3 Å². The summed E-state index contributed by atoms with van der Waals surface area (Å²) >= 11 is 0. The quantitative estimate of drug-likeness (QED) is 0.844. The molecule has 1 fully saturated rings. The molecular weight excluding hydrogens is 262 g/mol. The van der Waals surface area contributed by atoms with Gasteiger partial charge in [-0.05, 0) is 51.8 Å². The third-order valence-corrected chi connectivity index (χ3v) is 3.89. The monoisotopic (exact) mass is 289 g/mol. The second kappa shape index (κ2) is 8.03. The number of hydrogen-bond acceptors (Lipinski definition) is 2. The van der Waals surface area contributed by atoms with E-state index in [9.17, 15) is 4.79 Å². The molecule has 4 heteroatoms. The van der Waals surface area contributed by atoms with Crippen molar-refractivity contribution < 1.29 is 4.79 Å². The average molecular weight is 289 g/mol. The number of carbonyl (C=O) groups excluding carboxylic acids is 1. The number of nitrogens with zero attached hydrogens (tertiary/aromatic N) is 1. The maximum absolute atomic E-state index is 11.8. The number of carbonyl (C=O) groups is 1. The number of rotatable bonds is 6. The van der Waals surface area contributed by atoms with Gasteiger partial charge in [0.05, 0.1) is 0 Å².